The lowest BCUT2D eigenvalue weighted by Gasteiger charge is -2.14. The first-order valence-electron chi connectivity index (χ1n) is 6.02. The summed E-state index contributed by atoms with van der Waals surface area (Å²) in [6.07, 6.45) is 2.00. The van der Waals surface area contributed by atoms with Gasteiger partial charge in [0.1, 0.15) is 5.78 Å². The summed E-state index contributed by atoms with van der Waals surface area (Å²) in [6.45, 7) is 1.84. The summed E-state index contributed by atoms with van der Waals surface area (Å²) in [7, 11) is 0. The van der Waals surface area contributed by atoms with Crippen molar-refractivity contribution >= 4 is 11.7 Å². The second-order valence-corrected chi connectivity index (χ2v) is 4.41. The first kappa shape index (κ1) is 12.4. The molecule has 0 fully saturated rings. The van der Waals surface area contributed by atoms with Crippen LogP contribution in [-0.4, -0.2) is 18.2 Å². The SMILES string of the molecule is CC(=O)NCC#Cc1ccc2c(c1)CCC(=O)C2. The highest BCUT2D eigenvalue weighted by Gasteiger charge is 2.14. The fourth-order valence-corrected chi connectivity index (χ4v) is 2.00. The van der Waals surface area contributed by atoms with Gasteiger partial charge in [0.15, 0.2) is 0 Å². The summed E-state index contributed by atoms with van der Waals surface area (Å²) in [4.78, 5) is 22.0. The van der Waals surface area contributed by atoms with E-state index in [1.165, 1.54) is 12.5 Å². The Hall–Kier alpha value is -2.08. The van der Waals surface area contributed by atoms with Gasteiger partial charge in [-0.1, -0.05) is 17.9 Å². The summed E-state index contributed by atoms with van der Waals surface area (Å²) in [6, 6.07) is 5.95. The van der Waals surface area contributed by atoms with Crippen molar-refractivity contribution in [1.29, 1.82) is 0 Å². The molecule has 0 heterocycles. The van der Waals surface area contributed by atoms with Crippen LogP contribution in [0.5, 0.6) is 0 Å². The van der Waals surface area contributed by atoms with Crippen LogP contribution in [0.15, 0.2) is 18.2 Å². The fraction of sp³-hybridized carbons (Fsp3) is 0.333. The molecule has 0 aliphatic heterocycles. The van der Waals surface area contributed by atoms with Crippen LogP contribution in [0.25, 0.3) is 0 Å². The second-order valence-electron chi connectivity index (χ2n) is 4.41. The predicted octanol–water partition coefficient (Wildman–Crippen LogP) is 1.23. The van der Waals surface area contributed by atoms with E-state index < -0.39 is 0 Å². The smallest absolute Gasteiger partial charge is 0.217 e. The van der Waals surface area contributed by atoms with Crippen molar-refractivity contribution in [2.24, 2.45) is 0 Å². The van der Waals surface area contributed by atoms with Gasteiger partial charge in [0, 0.05) is 25.3 Å². The number of aryl methyl sites for hydroxylation is 1. The second kappa shape index (κ2) is 5.50. The lowest BCUT2D eigenvalue weighted by molar-refractivity contribution is -0.119. The van der Waals surface area contributed by atoms with Crippen LogP contribution >= 0.6 is 0 Å². The molecule has 2 rings (SSSR count). The molecule has 0 radical (unpaired) electrons. The number of Topliss-reactive ketones (excluding diaryl/α,β-unsaturated/α-hetero) is 1. The van der Waals surface area contributed by atoms with Gasteiger partial charge in [0.05, 0.1) is 6.54 Å². The van der Waals surface area contributed by atoms with Crippen LogP contribution < -0.4 is 5.32 Å². The number of benzene rings is 1. The van der Waals surface area contributed by atoms with Crippen LogP contribution in [0.1, 0.15) is 30.0 Å². The standard InChI is InChI=1S/C15H15NO2/c1-11(17)16-8-2-3-12-4-5-14-10-15(18)7-6-13(14)9-12/h4-5,9H,6-8,10H2,1H3,(H,16,17). The lowest BCUT2D eigenvalue weighted by atomic mass is 9.90. The van der Waals surface area contributed by atoms with Gasteiger partial charge in [-0.05, 0) is 29.7 Å². The molecule has 0 atom stereocenters. The molecular formula is C15H15NO2. The van der Waals surface area contributed by atoms with Gasteiger partial charge in [-0.2, -0.15) is 0 Å². The zero-order chi connectivity index (χ0) is 13.0. The summed E-state index contributed by atoms with van der Waals surface area (Å²) in [5.74, 6) is 6.15. The molecule has 1 aromatic rings. The van der Waals surface area contributed by atoms with E-state index in [-0.39, 0.29) is 5.91 Å². The summed E-state index contributed by atoms with van der Waals surface area (Å²) in [5.41, 5.74) is 3.29. The minimum Gasteiger partial charge on any atom is -0.345 e. The average Bonchev–Trinajstić information content (AvgIpc) is 2.34. The molecule has 3 heteroatoms. The third-order valence-electron chi connectivity index (χ3n) is 2.93. The molecule has 1 aliphatic carbocycles. The molecule has 0 saturated carbocycles. The van der Waals surface area contributed by atoms with E-state index in [1.54, 1.807) is 0 Å². The maximum absolute atomic E-state index is 11.3. The van der Waals surface area contributed by atoms with Crippen LogP contribution in [-0.2, 0) is 22.4 Å². The third kappa shape index (κ3) is 3.21. The number of carbonyl (C=O) groups excluding carboxylic acids is 2. The number of hydrogen-bond donors (Lipinski definition) is 1. The van der Waals surface area contributed by atoms with Crippen LogP contribution in [0.2, 0.25) is 0 Å². The predicted molar refractivity (Wildman–Crippen MR) is 69.0 cm³/mol. The maximum Gasteiger partial charge on any atom is 0.217 e. The van der Waals surface area contributed by atoms with Gasteiger partial charge in [0.25, 0.3) is 0 Å². The zero-order valence-electron chi connectivity index (χ0n) is 10.4. The van der Waals surface area contributed by atoms with E-state index in [0.29, 0.717) is 25.2 Å². The molecule has 1 aliphatic rings. The summed E-state index contributed by atoms with van der Waals surface area (Å²) < 4.78 is 0. The Bertz CT molecular complexity index is 549. The Morgan fingerprint density at radius 3 is 2.94 bits per heavy atom. The topological polar surface area (TPSA) is 46.2 Å². The molecule has 92 valence electrons. The van der Waals surface area contributed by atoms with E-state index in [4.69, 9.17) is 0 Å². The van der Waals surface area contributed by atoms with Crippen molar-refractivity contribution in [2.45, 2.75) is 26.2 Å². The van der Waals surface area contributed by atoms with Gasteiger partial charge in [-0.15, -0.1) is 0 Å². The van der Waals surface area contributed by atoms with Crippen LogP contribution in [0.3, 0.4) is 0 Å². The Balaban J connectivity index is 2.07. The van der Waals surface area contributed by atoms with E-state index in [9.17, 15) is 9.59 Å². The molecule has 1 amide bonds. The quantitative estimate of drug-likeness (QED) is 0.752. The third-order valence-corrected chi connectivity index (χ3v) is 2.93. The zero-order valence-corrected chi connectivity index (χ0v) is 10.4. The van der Waals surface area contributed by atoms with E-state index in [2.05, 4.69) is 17.2 Å². The number of rotatable bonds is 1. The maximum atomic E-state index is 11.3. The summed E-state index contributed by atoms with van der Waals surface area (Å²) in [5, 5.41) is 2.63. The molecule has 0 saturated heterocycles. The van der Waals surface area contributed by atoms with Gasteiger partial charge in [0.2, 0.25) is 5.91 Å². The van der Waals surface area contributed by atoms with Gasteiger partial charge >= 0.3 is 0 Å². The largest absolute Gasteiger partial charge is 0.345 e. The van der Waals surface area contributed by atoms with E-state index in [1.807, 2.05) is 18.2 Å². The van der Waals surface area contributed by atoms with Crippen molar-refractivity contribution in [2.75, 3.05) is 6.54 Å². The lowest BCUT2D eigenvalue weighted by Crippen LogP contribution is -2.19. The van der Waals surface area contributed by atoms with Crippen LogP contribution in [0.4, 0.5) is 0 Å². The highest BCUT2D eigenvalue weighted by atomic mass is 16.1. The van der Waals surface area contributed by atoms with E-state index in [0.717, 1.165) is 17.5 Å². The number of amides is 1. The average molecular weight is 241 g/mol. The van der Waals surface area contributed by atoms with Gasteiger partial charge < -0.3 is 5.32 Å². The fourth-order valence-electron chi connectivity index (χ4n) is 2.00. The van der Waals surface area contributed by atoms with Crippen molar-refractivity contribution in [3.8, 4) is 11.8 Å². The van der Waals surface area contributed by atoms with Crippen molar-refractivity contribution in [3.05, 3.63) is 34.9 Å². The molecule has 1 aromatic carbocycles. The van der Waals surface area contributed by atoms with Crippen molar-refractivity contribution in [1.82, 2.24) is 5.32 Å². The van der Waals surface area contributed by atoms with Gasteiger partial charge in [-0.3, -0.25) is 9.59 Å². The summed E-state index contributed by atoms with van der Waals surface area (Å²) >= 11 is 0. The molecule has 0 spiro atoms. The molecule has 1 N–H and O–H groups in total. The van der Waals surface area contributed by atoms with E-state index >= 15 is 0 Å². The Morgan fingerprint density at radius 2 is 2.17 bits per heavy atom. The van der Waals surface area contributed by atoms with Gasteiger partial charge in [-0.25, -0.2) is 0 Å². The van der Waals surface area contributed by atoms with Crippen LogP contribution in [0, 0.1) is 11.8 Å². The minimum atomic E-state index is -0.0757. The Labute approximate surface area is 107 Å². The first-order chi connectivity index (χ1) is 8.65. The number of hydrogen-bond acceptors (Lipinski definition) is 2. The normalized spacial score (nSPS) is 13.3. The molecule has 0 bridgehead atoms. The highest BCUT2D eigenvalue weighted by molar-refractivity contribution is 5.83. The Morgan fingerprint density at radius 1 is 1.33 bits per heavy atom. The highest BCUT2D eigenvalue weighted by Crippen LogP contribution is 2.20. The number of fused-ring (bicyclic) bond motifs is 1. The molecule has 0 aromatic heterocycles. The molecule has 18 heavy (non-hydrogen) atoms. The number of nitrogens with one attached hydrogen (secondary N) is 1. The minimum absolute atomic E-state index is 0.0757. The Kier molecular flexibility index (Phi) is 3.78. The number of carbonyl (C=O) groups is 2. The number of ketones is 1. The first-order valence-corrected chi connectivity index (χ1v) is 6.02. The molecule has 3 nitrogen and oxygen atoms in total. The molecule has 0 unspecified atom stereocenters. The van der Waals surface area contributed by atoms with Crippen molar-refractivity contribution < 1.29 is 9.59 Å². The van der Waals surface area contributed by atoms with Crippen molar-refractivity contribution in [3.63, 3.8) is 0 Å². The molecular weight excluding hydrogens is 226 g/mol. The monoisotopic (exact) mass is 241 g/mol.